The summed E-state index contributed by atoms with van der Waals surface area (Å²) in [6, 6.07) is 6.01. The molecule has 0 bridgehead atoms. The fourth-order valence-electron chi connectivity index (χ4n) is 2.92. The molecule has 1 aliphatic rings. The second-order valence-corrected chi connectivity index (χ2v) is 6.23. The number of morpholine rings is 1. The Morgan fingerprint density at radius 1 is 1.36 bits per heavy atom. The molecule has 2 atom stereocenters. The van der Waals surface area contributed by atoms with E-state index >= 15 is 0 Å². The van der Waals surface area contributed by atoms with Gasteiger partial charge in [-0.3, -0.25) is 19.8 Å². The zero-order valence-corrected chi connectivity index (χ0v) is 14.6. The van der Waals surface area contributed by atoms with Gasteiger partial charge < -0.3 is 14.8 Å². The molecule has 138 valence electrons. The standard InChI is InChI=1S/C17H25N3O5/c1-13-10-19(11-14(2)25-13)9-5-8-18-17(21)12-24-16-7-4-3-6-15(16)20(22)23/h3-4,6-7,13-14H,5,8-12H2,1-2H3,(H,18,21). The minimum Gasteiger partial charge on any atom is -0.477 e. The van der Waals surface area contributed by atoms with E-state index in [2.05, 4.69) is 24.1 Å². The number of hydrogen-bond acceptors (Lipinski definition) is 6. The number of para-hydroxylation sites is 2. The SMILES string of the molecule is CC1CN(CCCNC(=O)COc2ccccc2[N+](=O)[O-])CC(C)O1. The van der Waals surface area contributed by atoms with Gasteiger partial charge in [0.05, 0.1) is 17.1 Å². The summed E-state index contributed by atoms with van der Waals surface area (Å²) < 4.78 is 10.9. The molecule has 1 saturated heterocycles. The van der Waals surface area contributed by atoms with Gasteiger partial charge in [-0.05, 0) is 26.3 Å². The number of nitro groups is 1. The van der Waals surface area contributed by atoms with Crippen LogP contribution in [0.2, 0.25) is 0 Å². The Bertz CT molecular complexity index is 585. The Morgan fingerprint density at radius 3 is 2.72 bits per heavy atom. The molecule has 0 aromatic heterocycles. The molecule has 2 unspecified atom stereocenters. The monoisotopic (exact) mass is 351 g/mol. The smallest absolute Gasteiger partial charge is 0.310 e. The Labute approximate surface area is 147 Å². The molecule has 0 aliphatic carbocycles. The third-order valence-electron chi connectivity index (χ3n) is 3.89. The van der Waals surface area contributed by atoms with Crippen molar-refractivity contribution in [2.75, 3.05) is 32.8 Å². The molecule has 1 fully saturated rings. The first kappa shape index (κ1) is 19.1. The predicted molar refractivity (Wildman–Crippen MR) is 92.7 cm³/mol. The van der Waals surface area contributed by atoms with Crippen LogP contribution in [0.3, 0.4) is 0 Å². The Balaban J connectivity index is 1.65. The number of benzene rings is 1. The summed E-state index contributed by atoms with van der Waals surface area (Å²) in [7, 11) is 0. The van der Waals surface area contributed by atoms with Crippen LogP contribution in [0.25, 0.3) is 0 Å². The Hall–Kier alpha value is -2.19. The van der Waals surface area contributed by atoms with Crippen LogP contribution < -0.4 is 10.1 Å². The molecule has 1 aliphatic heterocycles. The minimum absolute atomic E-state index is 0.0962. The average molecular weight is 351 g/mol. The van der Waals surface area contributed by atoms with Gasteiger partial charge in [0, 0.05) is 32.2 Å². The number of nitrogens with zero attached hydrogens (tertiary/aromatic N) is 2. The molecule has 1 aromatic rings. The van der Waals surface area contributed by atoms with Gasteiger partial charge in [0.2, 0.25) is 0 Å². The maximum absolute atomic E-state index is 11.8. The number of nitro benzene ring substituents is 1. The maximum atomic E-state index is 11.8. The number of rotatable bonds is 8. The lowest BCUT2D eigenvalue weighted by molar-refractivity contribution is -0.385. The fourth-order valence-corrected chi connectivity index (χ4v) is 2.92. The number of amides is 1. The molecule has 1 amide bonds. The van der Waals surface area contributed by atoms with Crippen LogP contribution >= 0.6 is 0 Å². The number of ether oxygens (including phenoxy) is 2. The zero-order chi connectivity index (χ0) is 18.2. The summed E-state index contributed by atoms with van der Waals surface area (Å²) >= 11 is 0. The van der Waals surface area contributed by atoms with Gasteiger partial charge in [0.25, 0.3) is 5.91 Å². The Morgan fingerprint density at radius 2 is 2.04 bits per heavy atom. The van der Waals surface area contributed by atoms with Crippen LogP contribution in [0, 0.1) is 10.1 Å². The van der Waals surface area contributed by atoms with Crippen LogP contribution in [0.4, 0.5) is 5.69 Å². The minimum atomic E-state index is -0.530. The lowest BCUT2D eigenvalue weighted by Crippen LogP contribution is -2.46. The van der Waals surface area contributed by atoms with Gasteiger partial charge in [-0.1, -0.05) is 12.1 Å². The largest absolute Gasteiger partial charge is 0.477 e. The number of hydrogen-bond donors (Lipinski definition) is 1. The van der Waals surface area contributed by atoms with Crippen molar-refractivity contribution in [2.24, 2.45) is 0 Å². The summed E-state index contributed by atoms with van der Waals surface area (Å²) in [6.45, 7) is 7.12. The van der Waals surface area contributed by atoms with Crippen molar-refractivity contribution in [3.63, 3.8) is 0 Å². The summed E-state index contributed by atoms with van der Waals surface area (Å²) in [5.41, 5.74) is -0.147. The number of nitrogens with one attached hydrogen (secondary N) is 1. The molecule has 1 heterocycles. The maximum Gasteiger partial charge on any atom is 0.310 e. The molecule has 0 radical (unpaired) electrons. The molecule has 8 nitrogen and oxygen atoms in total. The highest BCUT2D eigenvalue weighted by molar-refractivity contribution is 5.77. The van der Waals surface area contributed by atoms with Crippen molar-refractivity contribution in [1.29, 1.82) is 0 Å². The first-order chi connectivity index (χ1) is 12.0. The lowest BCUT2D eigenvalue weighted by Gasteiger charge is -2.35. The van der Waals surface area contributed by atoms with Crippen molar-refractivity contribution in [2.45, 2.75) is 32.5 Å². The fraction of sp³-hybridized carbons (Fsp3) is 0.588. The van der Waals surface area contributed by atoms with Crippen LogP contribution in [0.5, 0.6) is 5.75 Å². The van der Waals surface area contributed by atoms with E-state index in [1.807, 2.05) is 0 Å². The first-order valence-corrected chi connectivity index (χ1v) is 8.46. The molecule has 1 aromatic carbocycles. The van der Waals surface area contributed by atoms with E-state index in [4.69, 9.17) is 9.47 Å². The molecule has 1 N–H and O–H groups in total. The third kappa shape index (κ3) is 6.32. The second kappa shape index (κ2) is 9.33. The van der Waals surface area contributed by atoms with Gasteiger partial charge in [0.1, 0.15) is 0 Å². The van der Waals surface area contributed by atoms with Crippen LogP contribution in [0.15, 0.2) is 24.3 Å². The van der Waals surface area contributed by atoms with Crippen LogP contribution in [-0.4, -0.2) is 60.7 Å². The van der Waals surface area contributed by atoms with Crippen LogP contribution in [0.1, 0.15) is 20.3 Å². The molecule has 0 spiro atoms. The van der Waals surface area contributed by atoms with E-state index in [0.717, 1.165) is 26.1 Å². The van der Waals surface area contributed by atoms with Crippen molar-refractivity contribution < 1.29 is 19.2 Å². The number of carbonyl (C=O) groups excluding carboxylic acids is 1. The topological polar surface area (TPSA) is 93.9 Å². The van der Waals surface area contributed by atoms with Crippen molar-refractivity contribution >= 4 is 11.6 Å². The molecular weight excluding hydrogens is 326 g/mol. The van der Waals surface area contributed by atoms with E-state index < -0.39 is 4.92 Å². The highest BCUT2D eigenvalue weighted by Crippen LogP contribution is 2.25. The van der Waals surface area contributed by atoms with Crippen molar-refractivity contribution in [3.8, 4) is 5.75 Å². The summed E-state index contributed by atoms with van der Waals surface area (Å²) in [5.74, 6) is -0.194. The molecule has 2 rings (SSSR count). The quantitative estimate of drug-likeness (QED) is 0.434. The third-order valence-corrected chi connectivity index (χ3v) is 3.89. The molecular formula is C17H25N3O5. The van der Waals surface area contributed by atoms with Crippen molar-refractivity contribution in [3.05, 3.63) is 34.4 Å². The van der Waals surface area contributed by atoms with Gasteiger partial charge >= 0.3 is 5.69 Å². The van der Waals surface area contributed by atoms with E-state index in [0.29, 0.717) is 6.54 Å². The summed E-state index contributed by atoms with van der Waals surface area (Å²) in [6.07, 6.45) is 1.29. The average Bonchev–Trinajstić information content (AvgIpc) is 2.56. The lowest BCUT2D eigenvalue weighted by atomic mass is 10.2. The summed E-state index contributed by atoms with van der Waals surface area (Å²) in [4.78, 5) is 24.5. The van der Waals surface area contributed by atoms with Gasteiger partial charge in [-0.2, -0.15) is 0 Å². The molecule has 25 heavy (non-hydrogen) atoms. The number of carbonyl (C=O) groups is 1. The summed E-state index contributed by atoms with van der Waals surface area (Å²) in [5, 5.41) is 13.7. The normalized spacial score (nSPS) is 20.9. The van der Waals surface area contributed by atoms with Crippen LogP contribution in [-0.2, 0) is 9.53 Å². The van der Waals surface area contributed by atoms with E-state index in [1.54, 1.807) is 12.1 Å². The van der Waals surface area contributed by atoms with Gasteiger partial charge in [-0.15, -0.1) is 0 Å². The zero-order valence-electron chi connectivity index (χ0n) is 14.6. The van der Waals surface area contributed by atoms with E-state index in [-0.39, 0.29) is 36.2 Å². The highest BCUT2D eigenvalue weighted by Gasteiger charge is 2.21. The highest BCUT2D eigenvalue weighted by atomic mass is 16.6. The predicted octanol–water partition coefficient (Wildman–Crippen LogP) is 1.59. The second-order valence-electron chi connectivity index (χ2n) is 6.23. The van der Waals surface area contributed by atoms with E-state index in [1.165, 1.54) is 12.1 Å². The Kier molecular flexibility index (Phi) is 7.15. The van der Waals surface area contributed by atoms with Gasteiger partial charge in [0.15, 0.2) is 12.4 Å². The first-order valence-electron chi connectivity index (χ1n) is 8.46. The van der Waals surface area contributed by atoms with Crippen molar-refractivity contribution in [1.82, 2.24) is 10.2 Å². The molecule has 8 heteroatoms. The van der Waals surface area contributed by atoms with Gasteiger partial charge in [-0.25, -0.2) is 0 Å². The molecule has 0 saturated carbocycles. The van der Waals surface area contributed by atoms with E-state index in [9.17, 15) is 14.9 Å².